The minimum atomic E-state index is -0.172. The van der Waals surface area contributed by atoms with Crippen LogP contribution >= 0.6 is 11.6 Å². The van der Waals surface area contributed by atoms with E-state index in [1.54, 1.807) is 24.4 Å². The zero-order chi connectivity index (χ0) is 24.6. The average Bonchev–Trinajstić information content (AvgIpc) is 3.63. The lowest BCUT2D eigenvalue weighted by Crippen LogP contribution is -2.31. The van der Waals surface area contributed by atoms with Gasteiger partial charge in [0, 0.05) is 47.6 Å². The number of para-hydroxylation sites is 1. The van der Waals surface area contributed by atoms with E-state index in [0.29, 0.717) is 43.0 Å². The van der Waals surface area contributed by atoms with Gasteiger partial charge >= 0.3 is 0 Å². The summed E-state index contributed by atoms with van der Waals surface area (Å²) in [5.41, 5.74) is 5.91. The molecule has 1 aliphatic carbocycles. The van der Waals surface area contributed by atoms with Gasteiger partial charge in [0.1, 0.15) is 11.0 Å². The van der Waals surface area contributed by atoms with Crippen molar-refractivity contribution >= 4 is 34.1 Å². The van der Waals surface area contributed by atoms with Gasteiger partial charge < -0.3 is 14.4 Å². The first kappa shape index (κ1) is 23.0. The van der Waals surface area contributed by atoms with Crippen LogP contribution in [0.5, 0.6) is 0 Å². The first-order valence-electron chi connectivity index (χ1n) is 12.0. The smallest absolute Gasteiger partial charge is 0.261 e. The maximum absolute atomic E-state index is 13.8. The third kappa shape index (κ3) is 4.34. The second kappa shape index (κ2) is 9.58. The Morgan fingerprint density at radius 3 is 2.67 bits per heavy atom. The number of pyridine rings is 1. The van der Waals surface area contributed by atoms with Gasteiger partial charge in [-0.1, -0.05) is 41.9 Å². The molecular formula is C28H25ClN4O3. The summed E-state index contributed by atoms with van der Waals surface area (Å²) in [6.07, 6.45) is 5.50. The molecule has 3 heterocycles. The van der Waals surface area contributed by atoms with E-state index in [9.17, 15) is 4.79 Å². The lowest BCUT2D eigenvalue weighted by molar-refractivity contribution is 0.0983. The molecule has 2 aromatic carbocycles. The van der Waals surface area contributed by atoms with Crippen LogP contribution in [0.2, 0.25) is 5.15 Å². The Morgan fingerprint density at radius 1 is 1.11 bits per heavy atom. The Labute approximate surface area is 214 Å². The van der Waals surface area contributed by atoms with Crippen LogP contribution in [0, 0.1) is 0 Å². The predicted octanol–water partition coefficient (Wildman–Crippen LogP) is 5.58. The van der Waals surface area contributed by atoms with Gasteiger partial charge in [-0.25, -0.2) is 15.0 Å². The highest BCUT2D eigenvalue weighted by Gasteiger charge is 2.28. The second-order valence-electron chi connectivity index (χ2n) is 9.26. The minimum Gasteiger partial charge on any atom is -0.380 e. The van der Waals surface area contributed by atoms with Crippen LogP contribution in [0.4, 0.5) is 5.69 Å². The molecule has 0 radical (unpaired) electrons. The molecule has 7 nitrogen and oxygen atoms in total. The number of hydrogen-bond donors (Lipinski definition) is 0. The van der Waals surface area contributed by atoms with Gasteiger partial charge in [0.2, 0.25) is 0 Å². The van der Waals surface area contributed by atoms with Crippen molar-refractivity contribution in [1.82, 2.24) is 15.0 Å². The summed E-state index contributed by atoms with van der Waals surface area (Å²) in [5, 5.41) is 1.50. The van der Waals surface area contributed by atoms with Crippen LogP contribution in [-0.2, 0) is 35.8 Å². The Hall–Kier alpha value is -3.39. The molecule has 0 N–H and O–H groups in total. The second-order valence-corrected chi connectivity index (χ2v) is 9.62. The summed E-state index contributed by atoms with van der Waals surface area (Å²) in [6, 6.07) is 13.8. The number of nitrogens with zero attached hydrogens (tertiary/aromatic N) is 4. The maximum atomic E-state index is 13.8. The molecule has 2 aromatic heterocycles. The van der Waals surface area contributed by atoms with Crippen LogP contribution in [-0.4, -0.2) is 28.0 Å². The number of anilines is 1. The van der Waals surface area contributed by atoms with Gasteiger partial charge in [-0.2, -0.15) is 0 Å². The number of aromatic nitrogens is 3. The number of methoxy groups -OCH3 is 1. The van der Waals surface area contributed by atoms with E-state index in [0.717, 1.165) is 57.5 Å². The van der Waals surface area contributed by atoms with Gasteiger partial charge in [0.25, 0.3) is 5.91 Å². The molecule has 1 fully saturated rings. The Bertz CT molecular complexity index is 1450. The number of rotatable bonds is 7. The fraction of sp³-hybridized carbons (Fsp3) is 0.286. The zero-order valence-corrected chi connectivity index (χ0v) is 20.7. The van der Waals surface area contributed by atoms with E-state index < -0.39 is 0 Å². The monoisotopic (exact) mass is 500 g/mol. The van der Waals surface area contributed by atoms with E-state index >= 15 is 0 Å². The van der Waals surface area contributed by atoms with Crippen LogP contribution in [0.3, 0.4) is 0 Å². The molecule has 36 heavy (non-hydrogen) atoms. The standard InChI is InChI=1S/C28H25ClN4O3/c1-35-14-19-4-2-3-5-25(19)33(28(34)20-11-30-27(31-12-20)18-7-8-18)13-17-6-9-21-22-15-36-16-23(22)26(29)32-24(21)10-17/h2-6,9-12,18H,7-8,13-16H2,1H3. The molecular weight excluding hydrogens is 476 g/mol. The molecule has 0 unspecified atom stereocenters. The van der Waals surface area contributed by atoms with Crippen molar-refractivity contribution in [3.8, 4) is 0 Å². The van der Waals surface area contributed by atoms with Gasteiger partial charge in [-0.15, -0.1) is 0 Å². The zero-order valence-electron chi connectivity index (χ0n) is 19.9. The molecule has 6 rings (SSSR count). The van der Waals surface area contributed by atoms with E-state index in [1.165, 1.54) is 0 Å². The number of fused-ring (bicyclic) bond motifs is 3. The molecule has 182 valence electrons. The number of amides is 1. The van der Waals surface area contributed by atoms with Crippen molar-refractivity contribution in [3.63, 3.8) is 0 Å². The van der Waals surface area contributed by atoms with Gasteiger partial charge in [0.05, 0.1) is 37.4 Å². The third-order valence-corrected chi connectivity index (χ3v) is 7.05. The normalized spacial score (nSPS) is 14.7. The van der Waals surface area contributed by atoms with Crippen molar-refractivity contribution in [2.24, 2.45) is 0 Å². The number of halogens is 1. The van der Waals surface area contributed by atoms with E-state index in [1.807, 2.05) is 42.5 Å². The average molecular weight is 501 g/mol. The molecule has 0 saturated heterocycles. The Morgan fingerprint density at radius 2 is 1.89 bits per heavy atom. The molecule has 0 atom stereocenters. The van der Waals surface area contributed by atoms with Crippen LogP contribution in [0.15, 0.2) is 54.9 Å². The van der Waals surface area contributed by atoms with Gasteiger partial charge in [0.15, 0.2) is 0 Å². The largest absolute Gasteiger partial charge is 0.380 e. The summed E-state index contributed by atoms with van der Waals surface area (Å²) in [5.74, 6) is 1.07. The van der Waals surface area contributed by atoms with Crippen molar-refractivity contribution in [2.45, 2.75) is 45.1 Å². The summed E-state index contributed by atoms with van der Waals surface area (Å²) >= 11 is 6.44. The van der Waals surface area contributed by atoms with Crippen LogP contribution in [0.25, 0.3) is 10.9 Å². The van der Waals surface area contributed by atoms with Crippen LogP contribution < -0.4 is 4.90 Å². The number of hydrogen-bond acceptors (Lipinski definition) is 6. The summed E-state index contributed by atoms with van der Waals surface area (Å²) < 4.78 is 11.0. The Balaban J connectivity index is 1.39. The van der Waals surface area contributed by atoms with E-state index in [-0.39, 0.29) is 5.91 Å². The molecule has 4 aromatic rings. The molecule has 8 heteroatoms. The molecule has 2 aliphatic rings. The Kier molecular flexibility index (Phi) is 6.13. The highest BCUT2D eigenvalue weighted by Crippen LogP contribution is 2.38. The molecule has 1 amide bonds. The van der Waals surface area contributed by atoms with Crippen molar-refractivity contribution < 1.29 is 14.3 Å². The van der Waals surface area contributed by atoms with E-state index in [2.05, 4.69) is 15.0 Å². The quantitative estimate of drug-likeness (QED) is 0.308. The molecule has 0 bridgehead atoms. The highest BCUT2D eigenvalue weighted by atomic mass is 35.5. The van der Waals surface area contributed by atoms with Crippen molar-refractivity contribution in [3.05, 3.63) is 93.7 Å². The fourth-order valence-electron chi connectivity index (χ4n) is 4.71. The van der Waals surface area contributed by atoms with Gasteiger partial charge in [-0.05, 0) is 36.1 Å². The summed E-state index contributed by atoms with van der Waals surface area (Å²) in [4.78, 5) is 29.1. The number of benzene rings is 2. The number of carbonyl (C=O) groups excluding carboxylic acids is 1. The summed E-state index contributed by atoms with van der Waals surface area (Å²) in [6.45, 7) is 1.74. The fourth-order valence-corrected chi connectivity index (χ4v) is 4.97. The molecule has 0 spiro atoms. The van der Waals surface area contributed by atoms with E-state index in [4.69, 9.17) is 21.1 Å². The predicted molar refractivity (Wildman–Crippen MR) is 137 cm³/mol. The maximum Gasteiger partial charge on any atom is 0.261 e. The van der Waals surface area contributed by atoms with Crippen molar-refractivity contribution in [2.75, 3.05) is 12.0 Å². The van der Waals surface area contributed by atoms with Gasteiger partial charge in [-0.3, -0.25) is 4.79 Å². The number of carbonyl (C=O) groups is 1. The highest BCUT2D eigenvalue weighted by molar-refractivity contribution is 6.30. The first-order chi connectivity index (χ1) is 17.6. The lowest BCUT2D eigenvalue weighted by atomic mass is 10.0. The lowest BCUT2D eigenvalue weighted by Gasteiger charge is -2.25. The molecule has 1 saturated carbocycles. The third-order valence-electron chi connectivity index (χ3n) is 6.74. The van der Waals surface area contributed by atoms with Crippen LogP contribution in [0.1, 0.15) is 57.2 Å². The topological polar surface area (TPSA) is 77.4 Å². The molecule has 1 aliphatic heterocycles. The number of ether oxygens (including phenoxy) is 2. The first-order valence-corrected chi connectivity index (χ1v) is 12.4. The summed E-state index contributed by atoms with van der Waals surface area (Å²) in [7, 11) is 1.65. The SMILES string of the molecule is COCc1ccccc1N(Cc1ccc2c3c(c(Cl)nc2c1)COC3)C(=O)c1cnc(C2CC2)nc1. The minimum absolute atomic E-state index is 0.172. The van der Waals surface area contributed by atoms with Crippen molar-refractivity contribution in [1.29, 1.82) is 0 Å².